The minimum Gasteiger partial charge on any atom is -0.504 e. The molecule has 1 aliphatic rings. The van der Waals surface area contributed by atoms with Crippen LogP contribution in [0.25, 0.3) is 38.8 Å². The predicted molar refractivity (Wildman–Crippen MR) is 186 cm³/mol. The van der Waals surface area contributed by atoms with Crippen LogP contribution in [0.5, 0.6) is 11.6 Å². The first kappa shape index (κ1) is 30.7. The van der Waals surface area contributed by atoms with E-state index in [0.717, 1.165) is 55.8 Å². The molecule has 0 aliphatic carbocycles. The number of anilines is 3. The van der Waals surface area contributed by atoms with Crippen molar-refractivity contribution in [3.63, 3.8) is 0 Å². The van der Waals surface area contributed by atoms with Gasteiger partial charge in [-0.1, -0.05) is 87.0 Å². The Labute approximate surface area is 289 Å². The van der Waals surface area contributed by atoms with Gasteiger partial charge in [0.25, 0.3) is 0 Å². The van der Waals surface area contributed by atoms with Crippen molar-refractivity contribution >= 4 is 38.9 Å². The molecule has 6 nitrogen and oxygen atoms in total. The molecule has 4 heterocycles. The van der Waals surface area contributed by atoms with Crippen molar-refractivity contribution in [3.8, 4) is 28.6 Å². The first-order valence-electron chi connectivity index (χ1n) is 15.4. The average molecular weight is 794 g/mol. The van der Waals surface area contributed by atoms with Crippen LogP contribution in [0.1, 0.15) is 26.3 Å². The summed E-state index contributed by atoms with van der Waals surface area (Å²) in [5.74, 6) is 1.76. The van der Waals surface area contributed by atoms with Gasteiger partial charge in [-0.3, -0.25) is 4.98 Å². The van der Waals surface area contributed by atoms with E-state index in [1.165, 1.54) is 5.56 Å². The van der Waals surface area contributed by atoms with Gasteiger partial charge < -0.3 is 19.1 Å². The summed E-state index contributed by atoms with van der Waals surface area (Å²) < 4.78 is 8.51. The third-order valence-corrected chi connectivity index (χ3v) is 8.50. The molecular weight excluding hydrogens is 762 g/mol. The molecule has 0 bridgehead atoms. The van der Waals surface area contributed by atoms with E-state index in [0.29, 0.717) is 11.6 Å². The summed E-state index contributed by atoms with van der Waals surface area (Å²) in [5.41, 5.74) is 8.41. The van der Waals surface area contributed by atoms with Gasteiger partial charge in [-0.2, -0.15) is 30.6 Å². The predicted octanol–water partition coefficient (Wildman–Crippen LogP) is 9.64. The first-order valence-corrected chi connectivity index (χ1v) is 15.4. The maximum atomic E-state index is 6.33. The molecule has 236 valence electrons. The molecule has 0 radical (unpaired) electrons. The molecular formula is C40H32N5OPt-3. The van der Waals surface area contributed by atoms with Gasteiger partial charge in [-0.15, -0.1) is 17.5 Å². The molecule has 0 amide bonds. The van der Waals surface area contributed by atoms with Gasteiger partial charge in [0.15, 0.2) is 0 Å². The Bertz CT molecular complexity index is 2240. The Morgan fingerprint density at radius 3 is 2.32 bits per heavy atom. The fourth-order valence-corrected chi connectivity index (χ4v) is 6.32. The molecule has 4 aromatic carbocycles. The van der Waals surface area contributed by atoms with Crippen LogP contribution in [0.4, 0.5) is 17.1 Å². The van der Waals surface area contributed by atoms with Crippen LogP contribution in [-0.2, 0) is 26.5 Å². The first-order chi connectivity index (χ1) is 22.3. The van der Waals surface area contributed by atoms with Gasteiger partial charge in [-0.25, -0.2) is 4.98 Å². The number of nitrogens with zero attached hydrogens (tertiary/aromatic N) is 5. The third-order valence-electron chi connectivity index (χ3n) is 8.50. The number of aromatic nitrogens is 3. The molecule has 0 fully saturated rings. The Morgan fingerprint density at radius 2 is 1.51 bits per heavy atom. The van der Waals surface area contributed by atoms with Crippen molar-refractivity contribution in [1.82, 2.24) is 14.5 Å². The van der Waals surface area contributed by atoms with Crippen LogP contribution in [0.2, 0.25) is 0 Å². The van der Waals surface area contributed by atoms with Crippen molar-refractivity contribution in [2.24, 2.45) is 0 Å². The second-order valence-electron chi connectivity index (χ2n) is 12.6. The van der Waals surface area contributed by atoms with E-state index in [1.54, 1.807) is 6.20 Å². The molecule has 8 rings (SSSR count). The molecule has 0 N–H and O–H groups in total. The number of pyridine rings is 2. The van der Waals surface area contributed by atoms with Crippen molar-refractivity contribution in [1.29, 1.82) is 0 Å². The number of para-hydroxylation sites is 3. The topological polar surface area (TPSA) is 46.4 Å². The van der Waals surface area contributed by atoms with Gasteiger partial charge in [0.05, 0.1) is 0 Å². The van der Waals surface area contributed by atoms with Gasteiger partial charge >= 0.3 is 0 Å². The van der Waals surface area contributed by atoms with Crippen LogP contribution >= 0.6 is 0 Å². The molecule has 0 unspecified atom stereocenters. The minimum atomic E-state index is -0.103. The third kappa shape index (κ3) is 5.47. The van der Waals surface area contributed by atoms with E-state index in [2.05, 4.69) is 125 Å². The summed E-state index contributed by atoms with van der Waals surface area (Å²) in [6.45, 7) is 8.78. The number of rotatable bonds is 5. The van der Waals surface area contributed by atoms with Crippen LogP contribution in [0, 0.1) is 18.8 Å². The van der Waals surface area contributed by atoms with Crippen molar-refractivity contribution in [2.45, 2.75) is 26.2 Å². The molecule has 47 heavy (non-hydrogen) atoms. The molecule has 7 heteroatoms. The summed E-state index contributed by atoms with van der Waals surface area (Å²) >= 11 is 0. The van der Waals surface area contributed by atoms with Gasteiger partial charge in [-0.05, 0) is 59.4 Å². The van der Waals surface area contributed by atoms with Gasteiger partial charge in [0.1, 0.15) is 11.7 Å². The van der Waals surface area contributed by atoms with Crippen LogP contribution in [0.15, 0.2) is 116 Å². The fourth-order valence-electron chi connectivity index (χ4n) is 6.32. The Balaban J connectivity index is 0.00000351. The Hall–Kier alpha value is -4.93. The van der Waals surface area contributed by atoms with Crippen molar-refractivity contribution in [2.75, 3.05) is 16.8 Å². The fraction of sp³-hybridized carbons (Fsp3) is 0.125. The van der Waals surface area contributed by atoms with E-state index < -0.39 is 0 Å². The maximum absolute atomic E-state index is 6.33. The quantitative estimate of drug-likeness (QED) is 0.163. The molecule has 1 aliphatic heterocycles. The average Bonchev–Trinajstić information content (AvgIpc) is 3.59. The molecule has 0 spiro atoms. The maximum Gasteiger partial charge on any atom is 0.135 e. The van der Waals surface area contributed by atoms with E-state index in [-0.39, 0.29) is 26.5 Å². The Kier molecular flexibility index (Phi) is 7.85. The number of ether oxygens (including phenoxy) is 1. The summed E-state index contributed by atoms with van der Waals surface area (Å²) in [6, 6.07) is 42.2. The standard InChI is InChI=1S/C40H32N5O.Pt/c1-40(2,3)33-24-38(42-25-32(33)27-12-6-5-7-13-27)45-34-15-9-8-14-30(34)31-19-18-29(23-37(31)45)46-39-22-28(20-21-41-39)44-26-43(4)35-16-10-11-17-36(35)44;/h5-21,24-26H,1-4H3;/q-3;. The molecule has 0 saturated carbocycles. The van der Waals surface area contributed by atoms with Crippen LogP contribution in [-0.4, -0.2) is 21.6 Å². The molecule has 3 aromatic heterocycles. The Morgan fingerprint density at radius 1 is 0.766 bits per heavy atom. The van der Waals surface area contributed by atoms with Gasteiger partial charge in [0.2, 0.25) is 0 Å². The second-order valence-corrected chi connectivity index (χ2v) is 12.6. The number of fused-ring (bicyclic) bond motifs is 4. The monoisotopic (exact) mass is 793 g/mol. The SMILES string of the molecule is CN1[CH-]N(c2[c-]c(Oc3[c-]c4c(cc3)c3ccccc3n4-c3cc(C(C)(C)C)c(-c4ccccc4)cn3)ncc2)c2ccccc21.[Pt]. The molecule has 7 aromatic rings. The van der Waals surface area contributed by atoms with Crippen molar-refractivity contribution < 1.29 is 25.8 Å². The molecule has 0 atom stereocenters. The van der Waals surface area contributed by atoms with E-state index in [1.807, 2.05) is 50.2 Å². The summed E-state index contributed by atoms with van der Waals surface area (Å²) in [7, 11) is 2.04. The normalized spacial score (nSPS) is 12.8. The van der Waals surface area contributed by atoms with Gasteiger partial charge in [0, 0.05) is 55.5 Å². The summed E-state index contributed by atoms with van der Waals surface area (Å²) in [4.78, 5) is 13.7. The van der Waals surface area contributed by atoms with Crippen LogP contribution in [0.3, 0.4) is 0 Å². The summed E-state index contributed by atoms with van der Waals surface area (Å²) in [5, 5.41) is 2.21. The number of hydrogen-bond acceptors (Lipinski definition) is 5. The van der Waals surface area contributed by atoms with Crippen LogP contribution < -0.4 is 14.5 Å². The summed E-state index contributed by atoms with van der Waals surface area (Å²) in [6.07, 6.45) is 3.75. The number of benzene rings is 4. The minimum absolute atomic E-state index is 0. The van der Waals surface area contributed by atoms with E-state index in [4.69, 9.17) is 9.72 Å². The second kappa shape index (κ2) is 12.0. The smallest absolute Gasteiger partial charge is 0.135 e. The molecule has 0 saturated heterocycles. The van der Waals surface area contributed by atoms with E-state index >= 15 is 0 Å². The zero-order valence-corrected chi connectivity index (χ0v) is 28.8. The zero-order valence-electron chi connectivity index (χ0n) is 26.5. The largest absolute Gasteiger partial charge is 0.504 e. The van der Waals surface area contributed by atoms with E-state index in [9.17, 15) is 0 Å². The zero-order chi connectivity index (χ0) is 31.4. The number of hydrogen-bond donors (Lipinski definition) is 0. The van der Waals surface area contributed by atoms with Crippen molar-refractivity contribution in [3.05, 3.63) is 140 Å².